The summed E-state index contributed by atoms with van der Waals surface area (Å²) in [5, 5.41) is 14.4. The van der Waals surface area contributed by atoms with E-state index in [1.165, 1.54) is 12.1 Å². The van der Waals surface area contributed by atoms with Gasteiger partial charge in [0.2, 0.25) is 0 Å². The first kappa shape index (κ1) is 13.5. The molecule has 0 radical (unpaired) electrons. The number of hydrogen-bond acceptors (Lipinski definition) is 4. The van der Waals surface area contributed by atoms with Gasteiger partial charge in [0.25, 0.3) is 5.69 Å². The van der Waals surface area contributed by atoms with Gasteiger partial charge in [-0.3, -0.25) is 15.1 Å². The Morgan fingerprint density at radius 2 is 1.95 bits per heavy atom. The number of aromatic nitrogens is 1. The lowest BCUT2D eigenvalue weighted by atomic mass is 10.2. The van der Waals surface area contributed by atoms with Gasteiger partial charge in [-0.2, -0.15) is 0 Å². The zero-order chi connectivity index (χ0) is 13.7. The van der Waals surface area contributed by atoms with Gasteiger partial charge < -0.3 is 5.32 Å². The number of nitro benzene ring substituents is 1. The Morgan fingerprint density at radius 3 is 2.58 bits per heavy atom. The quantitative estimate of drug-likeness (QED) is 0.674. The van der Waals surface area contributed by atoms with Gasteiger partial charge in [-0.1, -0.05) is 23.7 Å². The normalized spacial score (nSPS) is 10.4. The summed E-state index contributed by atoms with van der Waals surface area (Å²) in [5.41, 5.74) is 2.05. The fraction of sp³-hybridized carbons (Fsp3) is 0.154. The fourth-order valence-corrected chi connectivity index (χ4v) is 1.81. The first-order valence-electron chi connectivity index (χ1n) is 5.69. The summed E-state index contributed by atoms with van der Waals surface area (Å²) in [5.74, 6) is 0. The lowest BCUT2D eigenvalue weighted by Crippen LogP contribution is -2.13. The molecule has 1 aromatic carbocycles. The monoisotopic (exact) mass is 277 g/mol. The van der Waals surface area contributed by atoms with Crippen LogP contribution in [0.15, 0.2) is 42.7 Å². The van der Waals surface area contributed by atoms with Crippen LogP contribution in [0.1, 0.15) is 11.1 Å². The number of benzene rings is 1. The largest absolute Gasteiger partial charge is 0.309 e. The van der Waals surface area contributed by atoms with Crippen molar-refractivity contribution in [3.8, 4) is 0 Å². The summed E-state index contributed by atoms with van der Waals surface area (Å²) in [6.45, 7) is 1.25. The molecule has 0 aliphatic carbocycles. The molecule has 6 heteroatoms. The Labute approximate surface area is 115 Å². The van der Waals surface area contributed by atoms with Gasteiger partial charge in [0.1, 0.15) is 0 Å². The minimum Gasteiger partial charge on any atom is -0.309 e. The van der Waals surface area contributed by atoms with E-state index in [0.29, 0.717) is 18.1 Å². The van der Waals surface area contributed by atoms with E-state index >= 15 is 0 Å². The van der Waals surface area contributed by atoms with E-state index < -0.39 is 4.92 Å². The number of pyridine rings is 1. The van der Waals surface area contributed by atoms with Gasteiger partial charge in [0.15, 0.2) is 0 Å². The van der Waals surface area contributed by atoms with E-state index in [-0.39, 0.29) is 5.69 Å². The molecule has 0 saturated heterocycles. The number of nitrogens with one attached hydrogen (secondary N) is 1. The highest BCUT2D eigenvalue weighted by Gasteiger charge is 2.04. The molecule has 0 saturated carbocycles. The molecule has 2 rings (SSSR count). The third-order valence-corrected chi connectivity index (χ3v) is 2.99. The molecular weight excluding hydrogens is 266 g/mol. The molecule has 0 aliphatic rings. The molecule has 0 unspecified atom stereocenters. The second-order valence-electron chi connectivity index (χ2n) is 3.99. The Balaban J connectivity index is 1.89. The number of rotatable bonds is 5. The van der Waals surface area contributed by atoms with Gasteiger partial charge in [0.05, 0.1) is 9.95 Å². The lowest BCUT2D eigenvalue weighted by molar-refractivity contribution is -0.384. The van der Waals surface area contributed by atoms with Crippen molar-refractivity contribution in [3.05, 3.63) is 69.0 Å². The summed E-state index contributed by atoms with van der Waals surface area (Å²) < 4.78 is 0. The molecule has 0 spiro atoms. The standard InChI is InChI=1S/C13H12ClN3O2/c14-13-9-15-6-5-11(13)8-16-7-10-1-3-12(4-2-10)17(18)19/h1-6,9,16H,7-8H2. The molecule has 0 fully saturated rings. The highest BCUT2D eigenvalue weighted by atomic mass is 35.5. The highest BCUT2D eigenvalue weighted by Crippen LogP contribution is 2.14. The van der Waals surface area contributed by atoms with Crippen molar-refractivity contribution in [2.45, 2.75) is 13.1 Å². The predicted octanol–water partition coefficient (Wildman–Crippen LogP) is 2.93. The summed E-state index contributed by atoms with van der Waals surface area (Å²) in [6, 6.07) is 8.32. The smallest absolute Gasteiger partial charge is 0.269 e. The zero-order valence-corrected chi connectivity index (χ0v) is 10.8. The molecule has 0 bridgehead atoms. The Morgan fingerprint density at radius 1 is 1.21 bits per heavy atom. The van der Waals surface area contributed by atoms with Crippen LogP contribution < -0.4 is 5.32 Å². The Bertz CT molecular complexity index is 572. The minimum atomic E-state index is -0.409. The number of non-ortho nitro benzene ring substituents is 1. The van der Waals surface area contributed by atoms with Crippen LogP contribution in [0.4, 0.5) is 5.69 Å². The summed E-state index contributed by atoms with van der Waals surface area (Å²) in [4.78, 5) is 14.0. The van der Waals surface area contributed by atoms with Crippen molar-refractivity contribution in [2.75, 3.05) is 0 Å². The molecule has 19 heavy (non-hydrogen) atoms. The third-order valence-electron chi connectivity index (χ3n) is 2.65. The Kier molecular flexibility index (Phi) is 4.43. The van der Waals surface area contributed by atoms with E-state index in [1.54, 1.807) is 24.5 Å². The van der Waals surface area contributed by atoms with E-state index in [0.717, 1.165) is 11.1 Å². The highest BCUT2D eigenvalue weighted by molar-refractivity contribution is 6.31. The first-order valence-corrected chi connectivity index (χ1v) is 6.07. The maximum atomic E-state index is 10.5. The van der Waals surface area contributed by atoms with Crippen molar-refractivity contribution in [3.63, 3.8) is 0 Å². The average molecular weight is 278 g/mol. The number of nitro groups is 1. The van der Waals surface area contributed by atoms with Crippen LogP contribution in [0.25, 0.3) is 0 Å². The van der Waals surface area contributed by atoms with E-state index in [1.807, 2.05) is 6.07 Å². The third kappa shape index (κ3) is 3.74. The van der Waals surface area contributed by atoms with Crippen LogP contribution in [0, 0.1) is 10.1 Å². The van der Waals surface area contributed by atoms with E-state index in [2.05, 4.69) is 10.3 Å². The average Bonchev–Trinajstić information content (AvgIpc) is 2.41. The van der Waals surface area contributed by atoms with Gasteiger partial charge >= 0.3 is 0 Å². The van der Waals surface area contributed by atoms with Gasteiger partial charge in [-0.05, 0) is 17.2 Å². The molecule has 0 atom stereocenters. The number of nitrogens with zero attached hydrogens (tertiary/aromatic N) is 2. The number of halogens is 1. The summed E-state index contributed by atoms with van der Waals surface area (Å²) >= 11 is 5.98. The molecule has 5 nitrogen and oxygen atoms in total. The van der Waals surface area contributed by atoms with Gasteiger partial charge in [-0.15, -0.1) is 0 Å². The molecular formula is C13H12ClN3O2. The van der Waals surface area contributed by atoms with Crippen LogP contribution in [-0.4, -0.2) is 9.91 Å². The minimum absolute atomic E-state index is 0.0981. The zero-order valence-electron chi connectivity index (χ0n) is 10.0. The van der Waals surface area contributed by atoms with Crippen molar-refractivity contribution in [1.82, 2.24) is 10.3 Å². The lowest BCUT2D eigenvalue weighted by Gasteiger charge is -2.06. The van der Waals surface area contributed by atoms with Crippen molar-refractivity contribution < 1.29 is 4.92 Å². The van der Waals surface area contributed by atoms with Gasteiger partial charge in [-0.25, -0.2) is 0 Å². The molecule has 0 aliphatic heterocycles. The first-order chi connectivity index (χ1) is 9.16. The topological polar surface area (TPSA) is 68.1 Å². The van der Waals surface area contributed by atoms with Crippen molar-refractivity contribution >= 4 is 17.3 Å². The SMILES string of the molecule is O=[N+]([O-])c1ccc(CNCc2ccncc2Cl)cc1. The Hall–Kier alpha value is -1.98. The molecule has 2 aromatic rings. The van der Waals surface area contributed by atoms with Crippen LogP contribution in [0.2, 0.25) is 5.02 Å². The molecule has 1 N–H and O–H groups in total. The summed E-state index contributed by atoms with van der Waals surface area (Å²) in [7, 11) is 0. The summed E-state index contributed by atoms with van der Waals surface area (Å²) in [6.07, 6.45) is 3.29. The molecule has 1 heterocycles. The fourth-order valence-electron chi connectivity index (χ4n) is 1.62. The van der Waals surface area contributed by atoms with Crippen LogP contribution in [-0.2, 0) is 13.1 Å². The molecule has 0 amide bonds. The second kappa shape index (κ2) is 6.26. The van der Waals surface area contributed by atoms with E-state index in [4.69, 9.17) is 11.6 Å². The maximum Gasteiger partial charge on any atom is 0.269 e. The van der Waals surface area contributed by atoms with Crippen LogP contribution in [0.3, 0.4) is 0 Å². The van der Waals surface area contributed by atoms with Crippen molar-refractivity contribution in [1.29, 1.82) is 0 Å². The van der Waals surface area contributed by atoms with E-state index in [9.17, 15) is 10.1 Å². The molecule has 1 aromatic heterocycles. The van der Waals surface area contributed by atoms with Crippen LogP contribution in [0.5, 0.6) is 0 Å². The van der Waals surface area contributed by atoms with Gasteiger partial charge in [0, 0.05) is 37.6 Å². The van der Waals surface area contributed by atoms with Crippen molar-refractivity contribution in [2.24, 2.45) is 0 Å². The second-order valence-corrected chi connectivity index (χ2v) is 4.40. The van der Waals surface area contributed by atoms with Crippen LogP contribution >= 0.6 is 11.6 Å². The molecule has 98 valence electrons. The maximum absolute atomic E-state index is 10.5. The number of hydrogen-bond donors (Lipinski definition) is 1. The predicted molar refractivity (Wildman–Crippen MR) is 72.9 cm³/mol.